The van der Waals surface area contributed by atoms with E-state index in [-0.39, 0.29) is 0 Å². The lowest BCUT2D eigenvalue weighted by Gasteiger charge is -2.18. The van der Waals surface area contributed by atoms with Crippen molar-refractivity contribution in [3.63, 3.8) is 0 Å². The molecule has 0 amide bonds. The SMILES string of the molecule is CN(CCNCc1ncc[nH]1)CC(F)(F)F. The second kappa shape index (κ2) is 5.86. The van der Waals surface area contributed by atoms with Gasteiger partial charge in [0.25, 0.3) is 0 Å². The minimum Gasteiger partial charge on any atom is -0.348 e. The third-order valence-corrected chi connectivity index (χ3v) is 1.97. The highest BCUT2D eigenvalue weighted by molar-refractivity contribution is 4.85. The lowest BCUT2D eigenvalue weighted by Crippen LogP contribution is -2.35. The number of nitrogens with zero attached hydrogens (tertiary/aromatic N) is 2. The molecule has 0 bridgehead atoms. The molecule has 92 valence electrons. The fraction of sp³-hybridized carbons (Fsp3) is 0.667. The van der Waals surface area contributed by atoms with Crippen molar-refractivity contribution in [2.24, 2.45) is 0 Å². The van der Waals surface area contributed by atoms with Crippen LogP contribution in [0.4, 0.5) is 13.2 Å². The van der Waals surface area contributed by atoms with Crippen LogP contribution in [0.2, 0.25) is 0 Å². The van der Waals surface area contributed by atoms with E-state index in [4.69, 9.17) is 0 Å². The molecule has 0 aliphatic rings. The molecule has 2 N–H and O–H groups in total. The van der Waals surface area contributed by atoms with E-state index >= 15 is 0 Å². The van der Waals surface area contributed by atoms with Gasteiger partial charge in [-0.25, -0.2) is 4.98 Å². The number of likely N-dealkylation sites (N-methyl/N-ethyl adjacent to an activating group) is 1. The Morgan fingerprint density at radius 3 is 2.81 bits per heavy atom. The monoisotopic (exact) mass is 236 g/mol. The Morgan fingerprint density at radius 2 is 2.25 bits per heavy atom. The molecule has 4 nitrogen and oxygen atoms in total. The van der Waals surface area contributed by atoms with Gasteiger partial charge in [0.15, 0.2) is 0 Å². The Labute approximate surface area is 91.9 Å². The number of halogens is 3. The van der Waals surface area contributed by atoms with Gasteiger partial charge in [-0.15, -0.1) is 0 Å². The van der Waals surface area contributed by atoms with Gasteiger partial charge in [0.2, 0.25) is 0 Å². The maximum atomic E-state index is 12.0. The number of aromatic amines is 1. The van der Waals surface area contributed by atoms with E-state index in [0.29, 0.717) is 19.6 Å². The Balaban J connectivity index is 2.07. The summed E-state index contributed by atoms with van der Waals surface area (Å²) in [5, 5.41) is 3.00. The number of imidazole rings is 1. The van der Waals surface area contributed by atoms with E-state index < -0.39 is 12.7 Å². The van der Waals surface area contributed by atoms with Crippen molar-refractivity contribution >= 4 is 0 Å². The predicted octanol–water partition coefficient (Wildman–Crippen LogP) is 0.993. The number of alkyl halides is 3. The first kappa shape index (κ1) is 13.0. The van der Waals surface area contributed by atoms with Crippen molar-refractivity contribution in [1.82, 2.24) is 20.2 Å². The van der Waals surface area contributed by atoms with Crippen molar-refractivity contribution in [1.29, 1.82) is 0 Å². The number of H-pyrrole nitrogens is 1. The van der Waals surface area contributed by atoms with Gasteiger partial charge >= 0.3 is 6.18 Å². The van der Waals surface area contributed by atoms with Gasteiger partial charge in [0, 0.05) is 25.5 Å². The number of rotatable bonds is 6. The molecule has 16 heavy (non-hydrogen) atoms. The smallest absolute Gasteiger partial charge is 0.348 e. The number of hydrogen-bond acceptors (Lipinski definition) is 3. The molecule has 0 radical (unpaired) electrons. The Morgan fingerprint density at radius 1 is 1.50 bits per heavy atom. The maximum Gasteiger partial charge on any atom is 0.401 e. The van der Waals surface area contributed by atoms with Gasteiger partial charge in [-0.2, -0.15) is 13.2 Å². The van der Waals surface area contributed by atoms with E-state index in [1.807, 2.05) is 0 Å². The van der Waals surface area contributed by atoms with E-state index in [1.54, 1.807) is 12.4 Å². The second-order valence-electron chi connectivity index (χ2n) is 3.57. The summed E-state index contributed by atoms with van der Waals surface area (Å²) < 4.78 is 35.9. The minimum atomic E-state index is -4.13. The molecule has 0 aliphatic carbocycles. The van der Waals surface area contributed by atoms with Gasteiger partial charge in [-0.3, -0.25) is 4.90 Å². The normalized spacial score (nSPS) is 12.3. The fourth-order valence-electron chi connectivity index (χ4n) is 1.26. The van der Waals surface area contributed by atoms with Crippen LogP contribution in [0.3, 0.4) is 0 Å². The van der Waals surface area contributed by atoms with Crippen molar-refractivity contribution in [3.05, 3.63) is 18.2 Å². The maximum absolute atomic E-state index is 12.0. The minimum absolute atomic E-state index is 0.347. The van der Waals surface area contributed by atoms with Crippen LogP contribution < -0.4 is 5.32 Å². The molecule has 1 aromatic heterocycles. The molecular weight excluding hydrogens is 221 g/mol. The van der Waals surface area contributed by atoms with Crippen molar-refractivity contribution in [3.8, 4) is 0 Å². The van der Waals surface area contributed by atoms with Crippen molar-refractivity contribution in [2.75, 3.05) is 26.7 Å². The van der Waals surface area contributed by atoms with Gasteiger partial charge < -0.3 is 10.3 Å². The van der Waals surface area contributed by atoms with Gasteiger partial charge in [0.1, 0.15) is 5.82 Å². The molecule has 0 fully saturated rings. The molecule has 1 heterocycles. The summed E-state index contributed by atoms with van der Waals surface area (Å²) in [5.74, 6) is 0.776. The highest BCUT2D eigenvalue weighted by Gasteiger charge is 2.28. The topological polar surface area (TPSA) is 44.0 Å². The Hall–Kier alpha value is -1.08. The Bertz CT molecular complexity index is 283. The third-order valence-electron chi connectivity index (χ3n) is 1.97. The van der Waals surface area contributed by atoms with Crippen LogP contribution in [0, 0.1) is 0 Å². The first-order valence-corrected chi connectivity index (χ1v) is 4.91. The highest BCUT2D eigenvalue weighted by Crippen LogP contribution is 2.14. The average Bonchev–Trinajstić information content (AvgIpc) is 2.62. The van der Waals surface area contributed by atoms with Crippen LogP contribution in [0.25, 0.3) is 0 Å². The average molecular weight is 236 g/mol. The van der Waals surface area contributed by atoms with Crippen molar-refractivity contribution in [2.45, 2.75) is 12.7 Å². The zero-order valence-electron chi connectivity index (χ0n) is 9.01. The van der Waals surface area contributed by atoms with Crippen LogP contribution in [0.1, 0.15) is 5.82 Å². The molecule has 0 aliphatic heterocycles. The van der Waals surface area contributed by atoms with Crippen LogP contribution in [0.5, 0.6) is 0 Å². The molecule has 7 heteroatoms. The lowest BCUT2D eigenvalue weighted by molar-refractivity contribution is -0.142. The molecule has 1 aromatic rings. The predicted molar refractivity (Wildman–Crippen MR) is 53.8 cm³/mol. The zero-order valence-corrected chi connectivity index (χ0v) is 9.01. The quantitative estimate of drug-likeness (QED) is 0.724. The van der Waals surface area contributed by atoms with Crippen LogP contribution in [-0.4, -0.2) is 47.7 Å². The molecule has 0 saturated carbocycles. The zero-order chi connectivity index (χ0) is 12.0. The summed E-state index contributed by atoms with van der Waals surface area (Å²) in [7, 11) is 1.45. The first-order chi connectivity index (χ1) is 7.47. The van der Waals surface area contributed by atoms with Crippen LogP contribution >= 0.6 is 0 Å². The number of nitrogens with one attached hydrogen (secondary N) is 2. The van der Waals surface area contributed by atoms with E-state index in [0.717, 1.165) is 5.82 Å². The van der Waals surface area contributed by atoms with E-state index in [2.05, 4.69) is 15.3 Å². The molecule has 0 unspecified atom stereocenters. The fourth-order valence-corrected chi connectivity index (χ4v) is 1.26. The van der Waals surface area contributed by atoms with Crippen LogP contribution in [-0.2, 0) is 6.54 Å². The number of aromatic nitrogens is 2. The molecule has 0 atom stereocenters. The summed E-state index contributed by atoms with van der Waals surface area (Å²) in [6.45, 7) is 0.496. The standard InChI is InChI=1S/C9H15F3N4/c1-16(7-9(10,11)12)5-4-13-6-8-14-2-3-15-8/h2-3,13H,4-7H2,1H3,(H,14,15). The molecule has 1 rings (SSSR count). The highest BCUT2D eigenvalue weighted by atomic mass is 19.4. The number of hydrogen-bond donors (Lipinski definition) is 2. The molecular formula is C9H15F3N4. The van der Waals surface area contributed by atoms with Crippen LogP contribution in [0.15, 0.2) is 12.4 Å². The third kappa shape index (κ3) is 5.72. The molecule has 0 aromatic carbocycles. The largest absolute Gasteiger partial charge is 0.401 e. The summed E-state index contributed by atoms with van der Waals surface area (Å²) in [4.78, 5) is 8.11. The summed E-state index contributed by atoms with van der Waals surface area (Å²) in [6.07, 6.45) is -0.796. The molecule has 0 saturated heterocycles. The van der Waals surface area contributed by atoms with Crippen molar-refractivity contribution < 1.29 is 13.2 Å². The first-order valence-electron chi connectivity index (χ1n) is 4.91. The van der Waals surface area contributed by atoms with E-state index in [1.165, 1.54) is 11.9 Å². The second-order valence-corrected chi connectivity index (χ2v) is 3.57. The van der Waals surface area contributed by atoms with Gasteiger partial charge in [0.05, 0.1) is 13.1 Å². The Kier molecular flexibility index (Phi) is 4.75. The summed E-state index contributed by atoms with van der Waals surface area (Å²) >= 11 is 0. The van der Waals surface area contributed by atoms with E-state index in [9.17, 15) is 13.2 Å². The van der Waals surface area contributed by atoms with Gasteiger partial charge in [-0.05, 0) is 7.05 Å². The van der Waals surface area contributed by atoms with Gasteiger partial charge in [-0.1, -0.05) is 0 Å². The summed E-state index contributed by atoms with van der Waals surface area (Å²) in [6, 6.07) is 0. The lowest BCUT2D eigenvalue weighted by atomic mass is 10.5. The molecule has 0 spiro atoms. The summed E-state index contributed by atoms with van der Waals surface area (Å²) in [5.41, 5.74) is 0.